The van der Waals surface area contributed by atoms with Gasteiger partial charge < -0.3 is 15.4 Å². The van der Waals surface area contributed by atoms with Gasteiger partial charge in [-0.2, -0.15) is 0 Å². The first kappa shape index (κ1) is 14.5. The molecule has 2 unspecified atom stereocenters. The van der Waals surface area contributed by atoms with Gasteiger partial charge in [0, 0.05) is 16.2 Å². The Bertz CT molecular complexity index is 674. The maximum Gasteiger partial charge on any atom is 0.231 e. The fourth-order valence-corrected chi connectivity index (χ4v) is 3.01. The standard InChI is InChI=1S/C16H17BrN2O2/c1-18-15-9-21-8-14(15)16(20)19-13-5-3-10-6-12(17)4-2-11(10)7-13/h2-7,14-15,18H,8-9H2,1H3,(H,19,20). The van der Waals surface area contributed by atoms with Crippen molar-refractivity contribution in [2.24, 2.45) is 5.92 Å². The lowest BCUT2D eigenvalue weighted by Gasteiger charge is -2.16. The second-order valence-electron chi connectivity index (χ2n) is 5.23. The number of likely N-dealkylation sites (N-methyl/N-ethyl adjacent to an activating group) is 1. The molecule has 2 aromatic carbocycles. The summed E-state index contributed by atoms with van der Waals surface area (Å²) < 4.78 is 6.42. The van der Waals surface area contributed by atoms with Crippen LogP contribution in [0.25, 0.3) is 10.8 Å². The van der Waals surface area contributed by atoms with Crippen molar-refractivity contribution < 1.29 is 9.53 Å². The number of rotatable bonds is 3. The van der Waals surface area contributed by atoms with Crippen molar-refractivity contribution in [1.82, 2.24) is 5.32 Å². The monoisotopic (exact) mass is 348 g/mol. The van der Waals surface area contributed by atoms with Gasteiger partial charge in [-0.25, -0.2) is 0 Å². The van der Waals surface area contributed by atoms with E-state index in [-0.39, 0.29) is 17.9 Å². The van der Waals surface area contributed by atoms with Gasteiger partial charge in [0.1, 0.15) is 0 Å². The zero-order valence-corrected chi connectivity index (χ0v) is 13.3. The summed E-state index contributed by atoms with van der Waals surface area (Å²) in [7, 11) is 1.85. The van der Waals surface area contributed by atoms with E-state index in [1.807, 2.05) is 37.4 Å². The number of ether oxygens (including phenoxy) is 1. The van der Waals surface area contributed by atoms with Gasteiger partial charge in [0.2, 0.25) is 5.91 Å². The summed E-state index contributed by atoms with van der Waals surface area (Å²) >= 11 is 3.46. The zero-order chi connectivity index (χ0) is 14.8. The highest BCUT2D eigenvalue weighted by atomic mass is 79.9. The van der Waals surface area contributed by atoms with Gasteiger partial charge in [-0.3, -0.25) is 4.79 Å². The van der Waals surface area contributed by atoms with Crippen molar-refractivity contribution in [3.05, 3.63) is 40.9 Å². The largest absolute Gasteiger partial charge is 0.379 e. The van der Waals surface area contributed by atoms with Gasteiger partial charge in [-0.05, 0) is 42.1 Å². The summed E-state index contributed by atoms with van der Waals surface area (Å²) in [6.45, 7) is 1.05. The van der Waals surface area contributed by atoms with Crippen molar-refractivity contribution in [3.63, 3.8) is 0 Å². The van der Waals surface area contributed by atoms with Crippen molar-refractivity contribution in [2.45, 2.75) is 6.04 Å². The molecular weight excluding hydrogens is 332 g/mol. The normalized spacial score (nSPS) is 21.6. The molecule has 3 rings (SSSR count). The second-order valence-corrected chi connectivity index (χ2v) is 6.15. The molecule has 1 amide bonds. The molecule has 21 heavy (non-hydrogen) atoms. The first-order valence-electron chi connectivity index (χ1n) is 6.92. The van der Waals surface area contributed by atoms with Crippen LogP contribution < -0.4 is 10.6 Å². The fraction of sp³-hybridized carbons (Fsp3) is 0.312. The minimum absolute atomic E-state index is 0.00307. The number of nitrogens with one attached hydrogen (secondary N) is 2. The number of fused-ring (bicyclic) bond motifs is 1. The summed E-state index contributed by atoms with van der Waals surface area (Å²) in [6.07, 6.45) is 0. The summed E-state index contributed by atoms with van der Waals surface area (Å²) in [4.78, 5) is 12.3. The highest BCUT2D eigenvalue weighted by Gasteiger charge is 2.32. The van der Waals surface area contributed by atoms with Gasteiger partial charge in [0.05, 0.1) is 19.1 Å². The Hall–Kier alpha value is -1.43. The quantitative estimate of drug-likeness (QED) is 0.896. The molecule has 1 aliphatic rings. The molecule has 5 heteroatoms. The predicted molar refractivity (Wildman–Crippen MR) is 87.4 cm³/mol. The third-order valence-electron chi connectivity index (χ3n) is 3.86. The van der Waals surface area contributed by atoms with E-state index < -0.39 is 0 Å². The molecule has 0 saturated carbocycles. The van der Waals surface area contributed by atoms with E-state index in [4.69, 9.17) is 4.74 Å². The molecule has 0 spiro atoms. The minimum atomic E-state index is -0.143. The lowest BCUT2D eigenvalue weighted by Crippen LogP contribution is -2.39. The number of benzene rings is 2. The number of carbonyl (C=O) groups excluding carboxylic acids is 1. The van der Waals surface area contributed by atoms with Crippen LogP contribution in [0.4, 0.5) is 5.69 Å². The number of hydrogen-bond acceptors (Lipinski definition) is 3. The molecule has 4 nitrogen and oxygen atoms in total. The SMILES string of the molecule is CNC1COCC1C(=O)Nc1ccc2cc(Br)ccc2c1. The lowest BCUT2D eigenvalue weighted by molar-refractivity contribution is -0.120. The van der Waals surface area contributed by atoms with Crippen LogP contribution in [-0.4, -0.2) is 32.2 Å². The van der Waals surface area contributed by atoms with Crippen molar-refractivity contribution in [3.8, 4) is 0 Å². The van der Waals surface area contributed by atoms with Crippen molar-refractivity contribution in [2.75, 3.05) is 25.6 Å². The molecule has 1 aliphatic heterocycles. The average molecular weight is 349 g/mol. The van der Waals surface area contributed by atoms with Crippen molar-refractivity contribution >= 4 is 38.3 Å². The van der Waals surface area contributed by atoms with Crippen LogP contribution in [0.5, 0.6) is 0 Å². The van der Waals surface area contributed by atoms with E-state index in [1.165, 1.54) is 0 Å². The smallest absolute Gasteiger partial charge is 0.231 e. The molecule has 0 aliphatic carbocycles. The van der Waals surface area contributed by atoms with E-state index in [0.29, 0.717) is 13.2 Å². The van der Waals surface area contributed by atoms with Crippen LogP contribution in [0.2, 0.25) is 0 Å². The van der Waals surface area contributed by atoms with Crippen LogP contribution in [-0.2, 0) is 9.53 Å². The van der Waals surface area contributed by atoms with Gasteiger partial charge in [-0.1, -0.05) is 28.1 Å². The lowest BCUT2D eigenvalue weighted by atomic mass is 10.0. The maximum atomic E-state index is 12.3. The van der Waals surface area contributed by atoms with E-state index in [2.05, 4.69) is 32.6 Å². The van der Waals surface area contributed by atoms with E-state index in [9.17, 15) is 4.79 Å². The number of amides is 1. The molecule has 0 aromatic heterocycles. The topological polar surface area (TPSA) is 50.4 Å². The molecule has 110 valence electrons. The summed E-state index contributed by atoms with van der Waals surface area (Å²) in [5.74, 6) is -0.140. The number of hydrogen-bond donors (Lipinski definition) is 2. The summed E-state index contributed by atoms with van der Waals surface area (Å²) in [5, 5.41) is 8.35. The Morgan fingerprint density at radius 3 is 2.76 bits per heavy atom. The third kappa shape index (κ3) is 3.10. The molecular formula is C16H17BrN2O2. The van der Waals surface area contributed by atoms with Crippen LogP contribution in [0.3, 0.4) is 0 Å². The highest BCUT2D eigenvalue weighted by Crippen LogP contribution is 2.24. The van der Waals surface area contributed by atoms with Gasteiger partial charge in [0.25, 0.3) is 0 Å². The Morgan fingerprint density at radius 2 is 1.95 bits per heavy atom. The van der Waals surface area contributed by atoms with Gasteiger partial charge in [-0.15, -0.1) is 0 Å². The van der Waals surface area contributed by atoms with Gasteiger partial charge >= 0.3 is 0 Å². The minimum Gasteiger partial charge on any atom is -0.379 e. The maximum absolute atomic E-state index is 12.3. The Balaban J connectivity index is 1.78. The molecule has 2 N–H and O–H groups in total. The number of carbonyl (C=O) groups is 1. The van der Waals surface area contributed by atoms with Gasteiger partial charge in [0.15, 0.2) is 0 Å². The first-order chi connectivity index (χ1) is 10.2. The second kappa shape index (κ2) is 6.13. The predicted octanol–water partition coefficient (Wildman–Crippen LogP) is 2.78. The average Bonchev–Trinajstić information content (AvgIpc) is 2.96. The molecule has 0 radical (unpaired) electrons. The highest BCUT2D eigenvalue weighted by molar-refractivity contribution is 9.10. The number of anilines is 1. The Kier molecular flexibility index (Phi) is 4.24. The molecule has 1 fully saturated rings. The molecule has 0 bridgehead atoms. The molecule has 1 saturated heterocycles. The Morgan fingerprint density at radius 1 is 1.19 bits per heavy atom. The van der Waals surface area contributed by atoms with Crippen molar-refractivity contribution in [1.29, 1.82) is 0 Å². The summed E-state index contributed by atoms with van der Waals surface area (Å²) in [5.41, 5.74) is 0.816. The van der Waals surface area contributed by atoms with Crippen LogP contribution >= 0.6 is 15.9 Å². The van der Waals surface area contributed by atoms with Crippen LogP contribution in [0.1, 0.15) is 0 Å². The molecule has 2 aromatic rings. The molecule has 1 heterocycles. The van der Waals surface area contributed by atoms with E-state index in [0.717, 1.165) is 20.9 Å². The molecule has 2 atom stereocenters. The fourth-order valence-electron chi connectivity index (χ4n) is 2.63. The Labute approximate surface area is 132 Å². The first-order valence-corrected chi connectivity index (χ1v) is 7.72. The van der Waals surface area contributed by atoms with Crippen LogP contribution in [0.15, 0.2) is 40.9 Å². The third-order valence-corrected chi connectivity index (χ3v) is 4.35. The van der Waals surface area contributed by atoms with E-state index >= 15 is 0 Å². The number of halogens is 1. The van der Waals surface area contributed by atoms with E-state index in [1.54, 1.807) is 0 Å². The van der Waals surface area contributed by atoms with Crippen LogP contribution in [0, 0.1) is 5.92 Å². The zero-order valence-electron chi connectivity index (χ0n) is 11.7. The summed E-state index contributed by atoms with van der Waals surface area (Å²) in [6, 6.07) is 12.1.